The summed E-state index contributed by atoms with van der Waals surface area (Å²) >= 11 is 1.38. The fraction of sp³-hybridized carbons (Fsp3) is 0.320. The molecule has 0 N–H and O–H groups in total. The van der Waals surface area contributed by atoms with Gasteiger partial charge >= 0.3 is 17.9 Å². The molecule has 0 radical (unpaired) electrons. The molecule has 3 heterocycles. The summed E-state index contributed by atoms with van der Waals surface area (Å²) in [6, 6.07) is 75.0. The van der Waals surface area contributed by atoms with Crippen molar-refractivity contribution in [2.45, 2.75) is 125 Å². The van der Waals surface area contributed by atoms with Crippen LogP contribution in [0.25, 0.3) is 0 Å². The quantitative estimate of drug-likeness (QED) is 0.0320. The van der Waals surface area contributed by atoms with Gasteiger partial charge in [0.25, 0.3) is 0 Å². The Balaban J connectivity index is 0.905. The average molecular weight is 1270 g/mol. The van der Waals surface area contributed by atoms with Crippen molar-refractivity contribution in [3.8, 4) is 0 Å². The van der Waals surface area contributed by atoms with Crippen molar-refractivity contribution >= 4 is 29.7 Å². The zero-order valence-corrected chi connectivity index (χ0v) is 51.9. The molecule has 0 aromatic heterocycles. The van der Waals surface area contributed by atoms with Crippen LogP contribution in [0.15, 0.2) is 243 Å². The maximum absolute atomic E-state index is 14.3. The summed E-state index contributed by atoms with van der Waals surface area (Å²) in [5.74, 6) is -2.15. The predicted octanol–water partition coefficient (Wildman–Crippen LogP) is 12.6. The highest BCUT2D eigenvalue weighted by Crippen LogP contribution is 2.39. The van der Waals surface area contributed by atoms with E-state index in [9.17, 15) is 14.4 Å². The van der Waals surface area contributed by atoms with Crippen LogP contribution in [0.2, 0.25) is 0 Å². The zero-order valence-electron chi connectivity index (χ0n) is 51.1. The predicted molar refractivity (Wildman–Crippen MR) is 344 cm³/mol. The van der Waals surface area contributed by atoms with Gasteiger partial charge in [0.2, 0.25) is 0 Å². The smallest absolute Gasteiger partial charge is 0.338 e. The van der Waals surface area contributed by atoms with Gasteiger partial charge in [-0.05, 0) is 64.2 Å². The lowest BCUT2D eigenvalue weighted by Gasteiger charge is -2.46. The Morgan fingerprint density at radius 3 is 1.18 bits per heavy atom. The van der Waals surface area contributed by atoms with Crippen LogP contribution in [-0.2, 0) is 94.6 Å². The molecule has 0 bridgehead atoms. The van der Waals surface area contributed by atoms with Gasteiger partial charge < -0.3 is 61.6 Å². The van der Waals surface area contributed by atoms with Crippen LogP contribution in [0.1, 0.15) is 71.7 Å². The average Bonchev–Trinajstić information content (AvgIpc) is 0.968. The summed E-state index contributed by atoms with van der Waals surface area (Å²) in [7, 11) is 1.40. The largest absolute Gasteiger partial charge is 0.452 e. The summed E-state index contributed by atoms with van der Waals surface area (Å²) in [6.45, 7) is 1.70. The first-order chi connectivity index (χ1) is 45.3. The SMILES string of the molecule is CO[C@H]1O[C@H](CS[C@@H]2C[C@@H](OCc3ccccc3)[C@H](O[C@@H]3C[C@@H](OCc4ccccc4)[C@@H](OCc4ccccc4)[C@@H](COCc4ccccc4)O3)[C@@H](COCc3ccccc3)O2)[C@@H](OC(=O)c2ccccc2)[C@H](OC(=O)c2ccccc2)[C@H]1OC(=O)c1ccccc1. The second kappa shape index (κ2) is 34.1. The number of carbonyl (C=O) groups is 3. The van der Waals surface area contributed by atoms with Crippen molar-refractivity contribution in [3.05, 3.63) is 287 Å². The number of carbonyl (C=O) groups excluding carboxylic acids is 3. The summed E-state index contributed by atoms with van der Waals surface area (Å²) in [4.78, 5) is 42.6. The molecule has 0 aliphatic carbocycles. The Bertz CT molecular complexity index is 3460. The van der Waals surface area contributed by atoms with E-state index >= 15 is 0 Å². The van der Waals surface area contributed by atoms with Gasteiger partial charge in [-0.1, -0.05) is 206 Å². The topological polar surface area (TPSA) is 171 Å². The number of ether oxygens (including phenoxy) is 13. The van der Waals surface area contributed by atoms with E-state index < -0.39 is 97.0 Å². The molecule has 8 aromatic carbocycles. The fourth-order valence-electron chi connectivity index (χ4n) is 11.3. The third-order valence-electron chi connectivity index (χ3n) is 16.0. The second-order valence-electron chi connectivity index (χ2n) is 22.5. The molecular weight excluding hydrogens is 1190 g/mol. The molecule has 16 nitrogen and oxygen atoms in total. The maximum atomic E-state index is 14.3. The fourth-order valence-corrected chi connectivity index (χ4v) is 12.5. The van der Waals surface area contributed by atoms with Gasteiger partial charge in [-0.3, -0.25) is 0 Å². The van der Waals surface area contributed by atoms with Crippen LogP contribution in [0, 0.1) is 0 Å². The lowest BCUT2D eigenvalue weighted by atomic mass is 9.98. The summed E-state index contributed by atoms with van der Waals surface area (Å²) in [6.07, 6.45) is -10.9. The van der Waals surface area contributed by atoms with E-state index in [-0.39, 0.29) is 61.7 Å². The number of hydrogen-bond donors (Lipinski definition) is 0. The molecule has 0 spiro atoms. The number of rotatable bonds is 29. The van der Waals surface area contributed by atoms with Crippen molar-refractivity contribution in [1.82, 2.24) is 0 Å². The van der Waals surface area contributed by atoms with Crippen molar-refractivity contribution in [1.29, 1.82) is 0 Å². The monoisotopic (exact) mass is 1260 g/mol. The van der Waals surface area contributed by atoms with E-state index in [4.69, 9.17) is 61.6 Å². The molecule has 0 amide bonds. The van der Waals surface area contributed by atoms with Crippen molar-refractivity contribution in [3.63, 3.8) is 0 Å². The second-order valence-corrected chi connectivity index (χ2v) is 23.7. The van der Waals surface area contributed by atoms with Gasteiger partial charge in [0.05, 0.1) is 75.1 Å². The van der Waals surface area contributed by atoms with Crippen molar-refractivity contribution in [2.24, 2.45) is 0 Å². The van der Waals surface area contributed by atoms with Gasteiger partial charge in [-0.2, -0.15) is 0 Å². The molecule has 3 aliphatic rings. The van der Waals surface area contributed by atoms with Crippen LogP contribution in [0.5, 0.6) is 0 Å². The number of hydrogen-bond acceptors (Lipinski definition) is 17. The first-order valence-electron chi connectivity index (χ1n) is 31.0. The Kier molecular flexibility index (Phi) is 24.4. The first-order valence-corrected chi connectivity index (χ1v) is 32.1. The molecule has 0 unspecified atom stereocenters. The maximum Gasteiger partial charge on any atom is 0.338 e. The van der Waals surface area contributed by atoms with Gasteiger partial charge in [0, 0.05) is 25.7 Å². The molecule has 13 atom stereocenters. The van der Waals surface area contributed by atoms with E-state index in [0.29, 0.717) is 19.8 Å². The summed E-state index contributed by atoms with van der Waals surface area (Å²) in [5.41, 5.74) is 4.94. The third kappa shape index (κ3) is 18.7. The minimum Gasteiger partial charge on any atom is -0.452 e. The van der Waals surface area contributed by atoms with E-state index in [1.165, 1.54) is 18.9 Å². The van der Waals surface area contributed by atoms with E-state index in [1.807, 2.05) is 152 Å². The lowest BCUT2D eigenvalue weighted by Crippen LogP contribution is -2.62. The Morgan fingerprint density at radius 2 is 0.750 bits per heavy atom. The highest BCUT2D eigenvalue weighted by atomic mass is 32.2. The van der Waals surface area contributed by atoms with Gasteiger partial charge in [-0.25, -0.2) is 14.4 Å². The molecule has 0 saturated carbocycles. The van der Waals surface area contributed by atoms with E-state index in [2.05, 4.69) is 0 Å². The van der Waals surface area contributed by atoms with Crippen molar-refractivity contribution < 1.29 is 76.0 Å². The molecule has 11 rings (SSSR count). The molecular formula is C75H76O16S. The van der Waals surface area contributed by atoms with Gasteiger partial charge in [0.1, 0.15) is 36.0 Å². The van der Waals surface area contributed by atoms with Crippen LogP contribution in [0.4, 0.5) is 0 Å². The van der Waals surface area contributed by atoms with Crippen LogP contribution >= 0.6 is 11.8 Å². The molecule has 8 aromatic rings. The Hall–Kier alpha value is -7.88. The normalized spacial score (nSPS) is 24.6. The number of methoxy groups -OCH3 is 1. The highest BCUT2D eigenvalue weighted by molar-refractivity contribution is 7.99. The van der Waals surface area contributed by atoms with Gasteiger partial charge in [0.15, 0.2) is 30.9 Å². The van der Waals surface area contributed by atoms with E-state index in [1.54, 1.807) is 91.0 Å². The van der Waals surface area contributed by atoms with Crippen LogP contribution < -0.4 is 0 Å². The third-order valence-corrected chi connectivity index (χ3v) is 17.2. The van der Waals surface area contributed by atoms with Crippen molar-refractivity contribution in [2.75, 3.05) is 26.1 Å². The molecule has 3 aliphatic heterocycles. The summed E-state index contributed by atoms with van der Waals surface area (Å²) < 4.78 is 87.1. The highest BCUT2D eigenvalue weighted by Gasteiger charge is 2.54. The molecule has 92 heavy (non-hydrogen) atoms. The summed E-state index contributed by atoms with van der Waals surface area (Å²) in [5, 5.41) is 0. The van der Waals surface area contributed by atoms with Crippen LogP contribution in [0.3, 0.4) is 0 Å². The lowest BCUT2D eigenvalue weighted by molar-refractivity contribution is -0.314. The van der Waals surface area contributed by atoms with E-state index in [0.717, 1.165) is 27.8 Å². The minimum atomic E-state index is -1.45. The molecule has 17 heteroatoms. The molecule has 3 saturated heterocycles. The zero-order chi connectivity index (χ0) is 63.1. The molecule has 478 valence electrons. The Morgan fingerprint density at radius 1 is 0.380 bits per heavy atom. The number of benzene rings is 8. The number of esters is 3. The minimum absolute atomic E-state index is 0.0733. The van der Waals surface area contributed by atoms with Crippen LogP contribution in [-0.4, -0.2) is 123 Å². The van der Waals surface area contributed by atoms with Gasteiger partial charge in [-0.15, -0.1) is 11.8 Å². The first kappa shape index (κ1) is 65.6. The number of thioether (sulfide) groups is 1. The Labute approximate surface area is 541 Å². The standard InChI is InChI=1S/C75H76O16S/c1-79-75-71(91-74(78)59-40-24-9-25-41-59)70(90-73(77)58-38-22-8-23-39-58)69(89-72(76)57-36-20-7-21-37-57)64(87-75)51-92-66-43-61(83-47-55-32-16-5-17-33-55)68(63(86-66)50-81-45-53-28-12-3-13-29-53)88-65-42-60(82-46-54-30-14-4-15-31-54)67(84-48-56-34-18-6-19-35-56)62(85-65)49-80-44-52-26-10-2-11-27-52/h2-41,60-71,75H,42-51H2,1H3/t60-,61-,62-,63-,64-,65-,66-,67-,68+,69-,70+,71-,75+/m1/s1. The molecule has 3 fully saturated rings.